The fraction of sp³-hybridized carbons (Fsp3) is 0.471. The predicted octanol–water partition coefficient (Wildman–Crippen LogP) is 1.98. The highest BCUT2D eigenvalue weighted by Gasteiger charge is 2.30. The number of nitrogens with zero attached hydrogens (tertiary/aromatic N) is 4. The lowest BCUT2D eigenvalue weighted by Gasteiger charge is -2.36. The number of aromatic nitrogens is 1. The van der Waals surface area contributed by atoms with Gasteiger partial charge in [0.1, 0.15) is 5.69 Å². The van der Waals surface area contributed by atoms with Crippen molar-refractivity contribution < 1.29 is 4.92 Å². The highest BCUT2D eigenvalue weighted by molar-refractivity contribution is 5.96. The van der Waals surface area contributed by atoms with Crippen molar-refractivity contribution in [2.45, 2.75) is 13.3 Å². The Morgan fingerprint density at radius 2 is 1.83 bits per heavy atom. The average Bonchev–Trinajstić information content (AvgIpc) is 2.59. The van der Waals surface area contributed by atoms with Gasteiger partial charge in [0.2, 0.25) is 0 Å². The fourth-order valence-corrected chi connectivity index (χ4v) is 3.46. The SMILES string of the molecule is CCCN1CCN(c2c([N+](=O)[O-])c(=O)n(C)c3ccccc23)CC1. The molecule has 0 N–H and O–H groups in total. The van der Waals surface area contributed by atoms with Crippen molar-refractivity contribution >= 4 is 22.3 Å². The van der Waals surface area contributed by atoms with E-state index in [1.54, 1.807) is 7.05 Å². The molecule has 1 aliphatic rings. The smallest absolute Gasteiger partial charge is 0.357 e. The van der Waals surface area contributed by atoms with Gasteiger partial charge in [-0.2, -0.15) is 0 Å². The monoisotopic (exact) mass is 330 g/mol. The molecule has 1 aromatic carbocycles. The molecule has 0 radical (unpaired) electrons. The lowest BCUT2D eigenvalue weighted by Crippen LogP contribution is -2.47. The number of anilines is 1. The van der Waals surface area contributed by atoms with E-state index < -0.39 is 10.5 Å². The Morgan fingerprint density at radius 3 is 2.46 bits per heavy atom. The van der Waals surface area contributed by atoms with E-state index >= 15 is 0 Å². The zero-order valence-electron chi connectivity index (χ0n) is 14.1. The van der Waals surface area contributed by atoms with Crippen molar-refractivity contribution in [3.8, 4) is 0 Å². The van der Waals surface area contributed by atoms with Crippen LogP contribution in [0.5, 0.6) is 0 Å². The maximum absolute atomic E-state index is 12.5. The molecule has 1 saturated heterocycles. The normalized spacial score (nSPS) is 15.8. The van der Waals surface area contributed by atoms with Gasteiger partial charge >= 0.3 is 11.2 Å². The quantitative estimate of drug-likeness (QED) is 0.633. The fourth-order valence-electron chi connectivity index (χ4n) is 3.46. The number of hydrogen-bond acceptors (Lipinski definition) is 5. The number of nitro groups is 1. The van der Waals surface area contributed by atoms with Gasteiger partial charge in [-0.05, 0) is 19.0 Å². The summed E-state index contributed by atoms with van der Waals surface area (Å²) in [6, 6.07) is 7.39. The maximum atomic E-state index is 12.5. The summed E-state index contributed by atoms with van der Waals surface area (Å²) in [5, 5.41) is 12.4. The zero-order valence-corrected chi connectivity index (χ0v) is 14.1. The third kappa shape index (κ3) is 2.75. The van der Waals surface area contributed by atoms with Crippen LogP contribution in [0.4, 0.5) is 11.4 Å². The van der Waals surface area contributed by atoms with Crippen LogP contribution in [-0.2, 0) is 7.05 Å². The molecule has 0 atom stereocenters. The number of piperazine rings is 1. The number of fused-ring (bicyclic) bond motifs is 1. The first-order chi connectivity index (χ1) is 11.5. The highest BCUT2D eigenvalue weighted by atomic mass is 16.6. The summed E-state index contributed by atoms with van der Waals surface area (Å²) < 4.78 is 1.37. The average molecular weight is 330 g/mol. The number of para-hydroxylation sites is 1. The van der Waals surface area contributed by atoms with Crippen molar-refractivity contribution in [2.75, 3.05) is 37.6 Å². The van der Waals surface area contributed by atoms with Gasteiger partial charge in [0, 0.05) is 38.6 Å². The van der Waals surface area contributed by atoms with Crippen LogP contribution in [0.1, 0.15) is 13.3 Å². The van der Waals surface area contributed by atoms with Crippen LogP contribution in [0.25, 0.3) is 10.9 Å². The van der Waals surface area contributed by atoms with Crippen molar-refractivity contribution in [1.29, 1.82) is 0 Å². The topological polar surface area (TPSA) is 71.6 Å². The number of rotatable bonds is 4. The van der Waals surface area contributed by atoms with Gasteiger partial charge in [-0.15, -0.1) is 0 Å². The Bertz CT molecular complexity index is 822. The van der Waals surface area contributed by atoms with E-state index in [1.165, 1.54) is 4.57 Å². The van der Waals surface area contributed by atoms with Gasteiger partial charge in [0.05, 0.1) is 10.4 Å². The summed E-state index contributed by atoms with van der Waals surface area (Å²) in [5.74, 6) is 0. The van der Waals surface area contributed by atoms with Crippen molar-refractivity contribution in [1.82, 2.24) is 9.47 Å². The molecule has 0 amide bonds. The molecule has 0 aliphatic carbocycles. The molecule has 2 aromatic rings. The van der Waals surface area contributed by atoms with Crippen LogP contribution < -0.4 is 10.5 Å². The molecule has 0 bridgehead atoms. The highest BCUT2D eigenvalue weighted by Crippen LogP contribution is 2.33. The van der Waals surface area contributed by atoms with E-state index in [9.17, 15) is 14.9 Å². The van der Waals surface area contributed by atoms with Crippen LogP contribution in [0.3, 0.4) is 0 Å². The molecule has 7 heteroatoms. The summed E-state index contributed by atoms with van der Waals surface area (Å²) >= 11 is 0. The van der Waals surface area contributed by atoms with E-state index in [4.69, 9.17) is 0 Å². The molecule has 0 saturated carbocycles. The molecular weight excluding hydrogens is 308 g/mol. The summed E-state index contributed by atoms with van der Waals surface area (Å²) in [4.78, 5) is 27.9. The minimum atomic E-state index is -0.551. The first kappa shape index (κ1) is 16.4. The van der Waals surface area contributed by atoms with Gasteiger partial charge in [-0.25, -0.2) is 0 Å². The first-order valence-corrected chi connectivity index (χ1v) is 8.28. The Labute approximate surface area is 140 Å². The third-order valence-electron chi connectivity index (χ3n) is 4.66. The molecule has 3 rings (SSSR count). The molecule has 1 aliphatic heterocycles. The van der Waals surface area contributed by atoms with Crippen molar-refractivity contribution in [2.24, 2.45) is 7.05 Å². The second-order valence-corrected chi connectivity index (χ2v) is 6.16. The summed E-state index contributed by atoms with van der Waals surface area (Å²) in [6.07, 6.45) is 1.09. The van der Waals surface area contributed by atoms with Crippen LogP contribution >= 0.6 is 0 Å². The number of aryl methyl sites for hydroxylation is 1. The second-order valence-electron chi connectivity index (χ2n) is 6.16. The standard InChI is InChI=1S/C17H22N4O3/c1-3-8-19-9-11-20(12-10-19)15-13-6-4-5-7-14(13)18(2)17(22)16(15)21(23)24/h4-7H,3,8-12H2,1-2H3. The lowest BCUT2D eigenvalue weighted by atomic mass is 10.1. The molecule has 24 heavy (non-hydrogen) atoms. The number of pyridine rings is 1. The minimum Gasteiger partial charge on any atom is -0.363 e. The largest absolute Gasteiger partial charge is 0.363 e. The first-order valence-electron chi connectivity index (χ1n) is 8.28. The Morgan fingerprint density at radius 1 is 1.17 bits per heavy atom. The summed E-state index contributed by atoms with van der Waals surface area (Å²) in [5.41, 5.74) is 0.318. The summed E-state index contributed by atoms with van der Waals surface area (Å²) in [7, 11) is 1.58. The molecule has 7 nitrogen and oxygen atoms in total. The van der Waals surface area contributed by atoms with E-state index in [1.807, 2.05) is 29.2 Å². The van der Waals surface area contributed by atoms with Gasteiger partial charge in [0.25, 0.3) is 0 Å². The van der Waals surface area contributed by atoms with Gasteiger partial charge in [0.15, 0.2) is 0 Å². The van der Waals surface area contributed by atoms with E-state index in [-0.39, 0.29) is 5.69 Å². The van der Waals surface area contributed by atoms with Gasteiger partial charge < -0.3 is 9.47 Å². The van der Waals surface area contributed by atoms with E-state index in [0.717, 1.165) is 37.0 Å². The Hall–Kier alpha value is -2.41. The van der Waals surface area contributed by atoms with Crippen LogP contribution in [0, 0.1) is 10.1 Å². The van der Waals surface area contributed by atoms with Crippen LogP contribution in [-0.4, -0.2) is 47.1 Å². The van der Waals surface area contributed by atoms with Gasteiger partial charge in [-0.1, -0.05) is 25.1 Å². The van der Waals surface area contributed by atoms with E-state index in [2.05, 4.69) is 11.8 Å². The lowest BCUT2D eigenvalue weighted by molar-refractivity contribution is -0.385. The predicted molar refractivity (Wildman–Crippen MR) is 94.8 cm³/mol. The molecule has 0 unspecified atom stereocenters. The number of benzene rings is 1. The maximum Gasteiger partial charge on any atom is 0.357 e. The molecule has 1 aromatic heterocycles. The Balaban J connectivity index is 2.13. The zero-order chi connectivity index (χ0) is 17.3. The number of hydrogen-bond donors (Lipinski definition) is 0. The molecule has 128 valence electrons. The molecular formula is C17H22N4O3. The van der Waals surface area contributed by atoms with Gasteiger partial charge in [-0.3, -0.25) is 19.8 Å². The van der Waals surface area contributed by atoms with Crippen LogP contribution in [0.2, 0.25) is 0 Å². The summed E-state index contributed by atoms with van der Waals surface area (Å²) in [6.45, 7) is 6.28. The second kappa shape index (κ2) is 6.60. The molecule has 1 fully saturated rings. The Kier molecular flexibility index (Phi) is 4.53. The third-order valence-corrected chi connectivity index (χ3v) is 4.66. The minimum absolute atomic E-state index is 0.319. The molecule has 0 spiro atoms. The van der Waals surface area contributed by atoms with E-state index in [0.29, 0.717) is 18.8 Å². The van der Waals surface area contributed by atoms with Crippen LogP contribution in [0.15, 0.2) is 29.1 Å². The van der Waals surface area contributed by atoms with Crippen molar-refractivity contribution in [3.05, 3.63) is 44.7 Å². The molecule has 2 heterocycles. The van der Waals surface area contributed by atoms with Crippen molar-refractivity contribution in [3.63, 3.8) is 0 Å².